The molecule has 0 heterocycles. The lowest BCUT2D eigenvalue weighted by Crippen LogP contribution is -2.34. The van der Waals surface area contributed by atoms with Gasteiger partial charge in [0.15, 0.2) is 0 Å². The number of rotatable bonds is 2. The fourth-order valence-corrected chi connectivity index (χ4v) is 2.19. The van der Waals surface area contributed by atoms with Crippen molar-refractivity contribution in [1.82, 2.24) is 0 Å². The van der Waals surface area contributed by atoms with E-state index in [9.17, 15) is 9.90 Å². The minimum absolute atomic E-state index is 0.334. The van der Waals surface area contributed by atoms with E-state index in [1.165, 1.54) is 0 Å². The molecule has 0 radical (unpaired) electrons. The summed E-state index contributed by atoms with van der Waals surface area (Å²) in [5, 5.41) is 9.74. The second-order valence-corrected chi connectivity index (χ2v) is 4.67. The van der Waals surface area contributed by atoms with Crippen LogP contribution in [0.15, 0.2) is 24.3 Å². The fourth-order valence-electron chi connectivity index (χ4n) is 2.19. The van der Waals surface area contributed by atoms with Crippen molar-refractivity contribution < 1.29 is 14.6 Å². The van der Waals surface area contributed by atoms with Gasteiger partial charge in [-0.05, 0) is 38.3 Å². The van der Waals surface area contributed by atoms with Crippen LogP contribution in [-0.4, -0.2) is 23.3 Å². The third-order valence-electron chi connectivity index (χ3n) is 3.18. The Bertz CT molecular complexity index is 400. The van der Waals surface area contributed by atoms with Crippen LogP contribution in [0.1, 0.15) is 41.6 Å². The molecule has 2 atom stereocenters. The molecule has 17 heavy (non-hydrogen) atoms. The van der Waals surface area contributed by atoms with Gasteiger partial charge in [-0.3, -0.25) is 0 Å². The van der Waals surface area contributed by atoms with Gasteiger partial charge in [0.05, 0.1) is 11.7 Å². The molecule has 3 heteroatoms. The molecular weight excluding hydrogens is 216 g/mol. The Labute approximate surface area is 101 Å². The number of aryl methyl sites for hydroxylation is 1. The highest BCUT2D eigenvalue weighted by atomic mass is 16.6. The quantitative estimate of drug-likeness (QED) is 0.799. The number of carbonyl (C=O) groups excluding carboxylic acids is 1. The second kappa shape index (κ2) is 5.32. The number of ether oxygens (including phenoxy) is 1. The van der Waals surface area contributed by atoms with Crippen LogP contribution in [0.3, 0.4) is 0 Å². The highest BCUT2D eigenvalue weighted by Gasteiger charge is 2.26. The molecule has 1 fully saturated rings. The van der Waals surface area contributed by atoms with Gasteiger partial charge in [-0.15, -0.1) is 0 Å². The van der Waals surface area contributed by atoms with E-state index in [4.69, 9.17) is 4.74 Å². The van der Waals surface area contributed by atoms with Gasteiger partial charge in [0, 0.05) is 0 Å². The summed E-state index contributed by atoms with van der Waals surface area (Å²) in [6.45, 7) is 1.94. The molecule has 92 valence electrons. The van der Waals surface area contributed by atoms with E-state index in [1.807, 2.05) is 19.1 Å². The molecule has 2 unspecified atom stereocenters. The van der Waals surface area contributed by atoms with Gasteiger partial charge in [-0.1, -0.05) is 24.1 Å². The predicted octanol–water partition coefficient (Wildman–Crippen LogP) is 2.46. The fraction of sp³-hybridized carbons (Fsp3) is 0.500. The smallest absolute Gasteiger partial charge is 0.338 e. The first-order valence-corrected chi connectivity index (χ1v) is 6.12. The molecule has 0 amide bonds. The van der Waals surface area contributed by atoms with E-state index < -0.39 is 6.10 Å². The van der Waals surface area contributed by atoms with Crippen LogP contribution < -0.4 is 0 Å². The minimum atomic E-state index is -0.502. The van der Waals surface area contributed by atoms with Gasteiger partial charge in [-0.25, -0.2) is 4.79 Å². The summed E-state index contributed by atoms with van der Waals surface area (Å²) >= 11 is 0. The van der Waals surface area contributed by atoms with E-state index in [1.54, 1.807) is 12.1 Å². The van der Waals surface area contributed by atoms with Crippen LogP contribution in [0, 0.1) is 6.92 Å². The van der Waals surface area contributed by atoms with Crippen LogP contribution in [-0.2, 0) is 4.74 Å². The highest BCUT2D eigenvalue weighted by molar-refractivity contribution is 5.89. The minimum Gasteiger partial charge on any atom is -0.456 e. The van der Waals surface area contributed by atoms with Crippen molar-refractivity contribution in [2.24, 2.45) is 0 Å². The molecule has 3 nitrogen and oxygen atoms in total. The Morgan fingerprint density at radius 2 is 2.12 bits per heavy atom. The monoisotopic (exact) mass is 234 g/mol. The number of carbonyl (C=O) groups is 1. The average molecular weight is 234 g/mol. The van der Waals surface area contributed by atoms with Crippen molar-refractivity contribution in [3.05, 3.63) is 35.4 Å². The molecule has 0 spiro atoms. The molecule has 2 rings (SSSR count). The Balaban J connectivity index is 2.01. The number of esters is 1. The molecule has 1 aliphatic rings. The molecule has 1 aliphatic carbocycles. The zero-order chi connectivity index (χ0) is 12.3. The largest absolute Gasteiger partial charge is 0.456 e. The number of benzene rings is 1. The van der Waals surface area contributed by atoms with Crippen molar-refractivity contribution in [3.8, 4) is 0 Å². The number of hydrogen-bond donors (Lipinski definition) is 1. The van der Waals surface area contributed by atoms with E-state index in [0.717, 1.165) is 31.2 Å². The SMILES string of the molecule is Cc1cccc(C(=O)OC2CCCCC2O)c1. The first-order valence-electron chi connectivity index (χ1n) is 6.12. The van der Waals surface area contributed by atoms with Crippen LogP contribution in [0.4, 0.5) is 0 Å². The lowest BCUT2D eigenvalue weighted by atomic mass is 9.95. The first kappa shape index (κ1) is 12.1. The van der Waals surface area contributed by atoms with E-state index in [0.29, 0.717) is 5.56 Å². The topological polar surface area (TPSA) is 46.5 Å². The first-order chi connectivity index (χ1) is 8.16. The molecule has 0 aliphatic heterocycles. The van der Waals surface area contributed by atoms with Crippen molar-refractivity contribution in [3.63, 3.8) is 0 Å². The van der Waals surface area contributed by atoms with Crippen LogP contribution in [0.25, 0.3) is 0 Å². The van der Waals surface area contributed by atoms with Crippen molar-refractivity contribution in [1.29, 1.82) is 0 Å². The van der Waals surface area contributed by atoms with Gasteiger partial charge in [0.2, 0.25) is 0 Å². The summed E-state index contributed by atoms with van der Waals surface area (Å²) in [7, 11) is 0. The van der Waals surface area contributed by atoms with Gasteiger partial charge in [0.1, 0.15) is 6.10 Å². The standard InChI is InChI=1S/C14H18O3/c1-10-5-4-6-11(9-10)14(16)17-13-8-3-2-7-12(13)15/h4-6,9,12-13,15H,2-3,7-8H2,1H3. The molecule has 1 saturated carbocycles. The Morgan fingerprint density at radius 3 is 2.82 bits per heavy atom. The van der Waals surface area contributed by atoms with Gasteiger partial charge in [0.25, 0.3) is 0 Å². The summed E-state index contributed by atoms with van der Waals surface area (Å²) in [6.07, 6.45) is 2.68. The zero-order valence-corrected chi connectivity index (χ0v) is 10.1. The second-order valence-electron chi connectivity index (χ2n) is 4.67. The number of aliphatic hydroxyl groups is 1. The lowest BCUT2D eigenvalue weighted by Gasteiger charge is -2.27. The maximum atomic E-state index is 11.9. The van der Waals surface area contributed by atoms with Crippen LogP contribution in [0.5, 0.6) is 0 Å². The predicted molar refractivity (Wildman–Crippen MR) is 64.9 cm³/mol. The molecule has 0 aromatic heterocycles. The maximum Gasteiger partial charge on any atom is 0.338 e. The summed E-state index contributed by atoms with van der Waals surface area (Å²) in [5.41, 5.74) is 1.59. The van der Waals surface area contributed by atoms with Crippen molar-refractivity contribution >= 4 is 5.97 Å². The Hall–Kier alpha value is -1.35. The lowest BCUT2D eigenvalue weighted by molar-refractivity contribution is -0.0360. The average Bonchev–Trinajstić information content (AvgIpc) is 2.32. The maximum absolute atomic E-state index is 11.9. The van der Waals surface area contributed by atoms with Crippen LogP contribution in [0.2, 0.25) is 0 Å². The van der Waals surface area contributed by atoms with Crippen LogP contribution >= 0.6 is 0 Å². The third kappa shape index (κ3) is 3.07. The third-order valence-corrected chi connectivity index (χ3v) is 3.18. The summed E-state index contributed by atoms with van der Waals surface area (Å²) in [5.74, 6) is -0.334. The molecule has 0 saturated heterocycles. The summed E-state index contributed by atoms with van der Waals surface area (Å²) < 4.78 is 5.36. The number of hydrogen-bond acceptors (Lipinski definition) is 3. The van der Waals surface area contributed by atoms with Gasteiger partial charge in [-0.2, -0.15) is 0 Å². The van der Waals surface area contributed by atoms with Crippen molar-refractivity contribution in [2.75, 3.05) is 0 Å². The van der Waals surface area contributed by atoms with Gasteiger partial charge < -0.3 is 9.84 Å². The Morgan fingerprint density at radius 1 is 1.35 bits per heavy atom. The summed E-state index contributed by atoms with van der Waals surface area (Å²) in [6, 6.07) is 7.32. The highest BCUT2D eigenvalue weighted by Crippen LogP contribution is 2.22. The normalized spacial score (nSPS) is 24.4. The zero-order valence-electron chi connectivity index (χ0n) is 10.1. The molecule has 0 bridgehead atoms. The number of aliphatic hydroxyl groups excluding tert-OH is 1. The summed E-state index contributed by atoms with van der Waals surface area (Å²) in [4.78, 5) is 11.9. The van der Waals surface area contributed by atoms with E-state index >= 15 is 0 Å². The Kier molecular flexibility index (Phi) is 3.79. The molecule has 1 aromatic carbocycles. The van der Waals surface area contributed by atoms with E-state index in [2.05, 4.69) is 0 Å². The molecule has 1 N–H and O–H groups in total. The van der Waals surface area contributed by atoms with Gasteiger partial charge >= 0.3 is 5.97 Å². The van der Waals surface area contributed by atoms with Crippen molar-refractivity contribution in [2.45, 2.75) is 44.8 Å². The molecule has 1 aromatic rings. The van der Waals surface area contributed by atoms with E-state index in [-0.39, 0.29) is 12.1 Å². The molecular formula is C14H18O3.